The zero-order chi connectivity index (χ0) is 22.0. The third-order valence-electron chi connectivity index (χ3n) is 6.17. The summed E-state index contributed by atoms with van der Waals surface area (Å²) in [6.07, 6.45) is 19.4. The second-order valence-corrected chi connectivity index (χ2v) is 9.79. The van der Waals surface area contributed by atoms with Gasteiger partial charge in [0.2, 0.25) is 11.8 Å². The quantitative estimate of drug-likeness (QED) is 0.316. The molecule has 0 aromatic carbocycles. The molecule has 1 rings (SSSR count). The highest BCUT2D eigenvalue weighted by Crippen LogP contribution is 2.19. The van der Waals surface area contributed by atoms with Crippen LogP contribution < -0.4 is 11.1 Å². The van der Waals surface area contributed by atoms with Gasteiger partial charge >= 0.3 is 0 Å². The highest BCUT2D eigenvalue weighted by atomic mass is 32.2. The standard InChI is InChI=1S/C24H47N3O2S/c1-3-4-5-6-7-8-9-10-11-12-16-23(28)27-18-14-13-15-21(27)20-26-24(29)22(25)17-19-30-2/h21-22H,3-20,25H2,1-2H3,(H,26,29)/t21?,22-/m0/s1. The molecule has 2 amide bonds. The smallest absolute Gasteiger partial charge is 0.237 e. The van der Waals surface area contributed by atoms with Crippen LogP contribution in [-0.2, 0) is 9.59 Å². The van der Waals surface area contributed by atoms with Crippen molar-refractivity contribution in [1.82, 2.24) is 10.2 Å². The normalized spacial score (nSPS) is 17.7. The maximum atomic E-state index is 12.7. The van der Waals surface area contributed by atoms with Crippen LogP contribution in [0.2, 0.25) is 0 Å². The van der Waals surface area contributed by atoms with Gasteiger partial charge in [0.05, 0.1) is 6.04 Å². The van der Waals surface area contributed by atoms with Crippen molar-refractivity contribution in [2.45, 2.75) is 115 Å². The van der Waals surface area contributed by atoms with Crippen LogP contribution in [0.25, 0.3) is 0 Å². The maximum absolute atomic E-state index is 12.7. The summed E-state index contributed by atoms with van der Waals surface area (Å²) in [6.45, 7) is 3.62. The van der Waals surface area contributed by atoms with Crippen LogP contribution in [0.4, 0.5) is 0 Å². The molecule has 0 saturated carbocycles. The lowest BCUT2D eigenvalue weighted by Gasteiger charge is -2.36. The number of unbranched alkanes of at least 4 members (excludes halogenated alkanes) is 9. The summed E-state index contributed by atoms with van der Waals surface area (Å²) in [6, 6.07) is -0.317. The van der Waals surface area contributed by atoms with Crippen LogP contribution in [-0.4, -0.2) is 53.9 Å². The number of nitrogens with one attached hydrogen (secondary N) is 1. The first-order valence-corrected chi connectivity index (χ1v) is 13.8. The lowest BCUT2D eigenvalue weighted by atomic mass is 10.0. The molecule has 0 radical (unpaired) electrons. The molecular formula is C24H47N3O2S. The van der Waals surface area contributed by atoms with Crippen LogP contribution >= 0.6 is 11.8 Å². The Bertz CT molecular complexity index is 462. The minimum atomic E-state index is -0.447. The molecule has 2 atom stereocenters. The summed E-state index contributed by atoms with van der Waals surface area (Å²) in [5.74, 6) is 1.07. The van der Waals surface area contributed by atoms with Gasteiger partial charge in [0.1, 0.15) is 0 Å². The van der Waals surface area contributed by atoms with Gasteiger partial charge in [-0.15, -0.1) is 0 Å². The molecule has 0 aromatic rings. The van der Waals surface area contributed by atoms with Gasteiger partial charge in [0, 0.05) is 25.6 Å². The van der Waals surface area contributed by atoms with Gasteiger partial charge in [-0.3, -0.25) is 9.59 Å². The van der Waals surface area contributed by atoms with E-state index in [1.54, 1.807) is 11.8 Å². The summed E-state index contributed by atoms with van der Waals surface area (Å²) in [5.41, 5.74) is 5.95. The number of carbonyl (C=O) groups excluding carboxylic acids is 2. The van der Waals surface area contributed by atoms with Crippen molar-refractivity contribution in [3.8, 4) is 0 Å². The molecule has 1 aliphatic rings. The van der Waals surface area contributed by atoms with Crippen molar-refractivity contribution in [3.05, 3.63) is 0 Å². The Hall–Kier alpha value is -0.750. The van der Waals surface area contributed by atoms with Gasteiger partial charge in [-0.2, -0.15) is 11.8 Å². The maximum Gasteiger partial charge on any atom is 0.237 e. The fraction of sp³-hybridized carbons (Fsp3) is 0.917. The Morgan fingerprint density at radius 1 is 1.03 bits per heavy atom. The lowest BCUT2D eigenvalue weighted by molar-refractivity contribution is -0.135. The molecule has 3 N–H and O–H groups in total. The van der Waals surface area contributed by atoms with Crippen LogP contribution in [0, 0.1) is 0 Å². The predicted molar refractivity (Wildman–Crippen MR) is 130 cm³/mol. The number of likely N-dealkylation sites (tertiary alicyclic amines) is 1. The Morgan fingerprint density at radius 3 is 2.30 bits per heavy atom. The van der Waals surface area contributed by atoms with Gasteiger partial charge in [-0.25, -0.2) is 0 Å². The van der Waals surface area contributed by atoms with Gasteiger partial charge in [-0.05, 0) is 44.1 Å². The van der Waals surface area contributed by atoms with E-state index in [0.717, 1.165) is 44.4 Å². The number of hydrogen-bond donors (Lipinski definition) is 2. The first-order valence-electron chi connectivity index (χ1n) is 12.4. The predicted octanol–water partition coefficient (Wildman–Crippen LogP) is 4.88. The van der Waals surface area contributed by atoms with E-state index in [4.69, 9.17) is 5.73 Å². The van der Waals surface area contributed by atoms with Crippen molar-refractivity contribution in [3.63, 3.8) is 0 Å². The second kappa shape index (κ2) is 17.9. The SMILES string of the molecule is CCCCCCCCCCCCC(=O)N1CCCCC1CNC(=O)[C@@H](N)CCSC. The number of nitrogens with two attached hydrogens (primary N) is 1. The molecule has 176 valence electrons. The lowest BCUT2D eigenvalue weighted by Crippen LogP contribution is -2.51. The third-order valence-corrected chi connectivity index (χ3v) is 6.82. The van der Waals surface area contributed by atoms with Crippen LogP contribution in [0.1, 0.15) is 103 Å². The van der Waals surface area contributed by atoms with E-state index in [2.05, 4.69) is 12.2 Å². The van der Waals surface area contributed by atoms with Crippen molar-refractivity contribution in [1.29, 1.82) is 0 Å². The van der Waals surface area contributed by atoms with Crippen LogP contribution in [0.5, 0.6) is 0 Å². The Kier molecular flexibility index (Phi) is 16.3. The monoisotopic (exact) mass is 441 g/mol. The first kappa shape index (κ1) is 27.3. The number of hydrogen-bond acceptors (Lipinski definition) is 4. The summed E-state index contributed by atoms with van der Waals surface area (Å²) in [7, 11) is 0. The topological polar surface area (TPSA) is 75.4 Å². The molecule has 1 saturated heterocycles. The largest absolute Gasteiger partial charge is 0.353 e. The van der Waals surface area contributed by atoms with E-state index in [1.807, 2.05) is 11.2 Å². The molecule has 6 heteroatoms. The van der Waals surface area contributed by atoms with Crippen molar-refractivity contribution in [2.24, 2.45) is 5.73 Å². The van der Waals surface area contributed by atoms with Gasteiger partial charge in [-0.1, -0.05) is 64.7 Å². The molecule has 0 aromatic heterocycles. The van der Waals surface area contributed by atoms with E-state index in [0.29, 0.717) is 19.4 Å². The van der Waals surface area contributed by atoms with Gasteiger partial charge < -0.3 is 16.0 Å². The Balaban J connectivity index is 2.20. The highest BCUT2D eigenvalue weighted by molar-refractivity contribution is 7.98. The minimum Gasteiger partial charge on any atom is -0.353 e. The van der Waals surface area contributed by atoms with Crippen LogP contribution in [0.15, 0.2) is 0 Å². The molecule has 1 unspecified atom stereocenters. The highest BCUT2D eigenvalue weighted by Gasteiger charge is 2.27. The van der Waals surface area contributed by atoms with E-state index >= 15 is 0 Å². The zero-order valence-electron chi connectivity index (χ0n) is 19.6. The van der Waals surface area contributed by atoms with E-state index in [9.17, 15) is 9.59 Å². The van der Waals surface area contributed by atoms with Crippen molar-refractivity contribution >= 4 is 23.6 Å². The third kappa shape index (κ3) is 12.2. The van der Waals surface area contributed by atoms with Crippen molar-refractivity contribution < 1.29 is 9.59 Å². The molecule has 1 heterocycles. The van der Waals surface area contributed by atoms with E-state index < -0.39 is 6.04 Å². The van der Waals surface area contributed by atoms with E-state index in [1.165, 1.54) is 51.4 Å². The van der Waals surface area contributed by atoms with E-state index in [-0.39, 0.29) is 17.9 Å². The molecule has 1 fully saturated rings. The first-order chi connectivity index (χ1) is 14.6. The Labute approximate surface area is 189 Å². The molecular weight excluding hydrogens is 394 g/mol. The Morgan fingerprint density at radius 2 is 1.67 bits per heavy atom. The number of nitrogens with zero attached hydrogens (tertiary/aromatic N) is 1. The fourth-order valence-corrected chi connectivity index (χ4v) is 4.66. The zero-order valence-corrected chi connectivity index (χ0v) is 20.4. The number of amides is 2. The summed E-state index contributed by atoms with van der Waals surface area (Å²) >= 11 is 1.70. The minimum absolute atomic E-state index is 0.0864. The molecule has 5 nitrogen and oxygen atoms in total. The fourth-order valence-electron chi connectivity index (χ4n) is 4.17. The molecule has 1 aliphatic heterocycles. The van der Waals surface area contributed by atoms with Crippen molar-refractivity contribution in [2.75, 3.05) is 25.1 Å². The summed E-state index contributed by atoms with van der Waals surface area (Å²) in [4.78, 5) is 27.0. The van der Waals surface area contributed by atoms with Gasteiger partial charge in [0.25, 0.3) is 0 Å². The number of piperidine rings is 1. The number of rotatable bonds is 17. The summed E-state index contributed by atoms with van der Waals surface area (Å²) in [5, 5.41) is 2.99. The average molecular weight is 442 g/mol. The molecule has 0 aliphatic carbocycles. The number of carbonyl (C=O) groups is 2. The molecule has 0 bridgehead atoms. The van der Waals surface area contributed by atoms with Gasteiger partial charge in [0.15, 0.2) is 0 Å². The molecule has 0 spiro atoms. The average Bonchev–Trinajstić information content (AvgIpc) is 2.77. The van der Waals surface area contributed by atoms with Crippen LogP contribution in [0.3, 0.4) is 0 Å². The summed E-state index contributed by atoms with van der Waals surface area (Å²) < 4.78 is 0. The molecule has 30 heavy (non-hydrogen) atoms. The number of thioether (sulfide) groups is 1. The second-order valence-electron chi connectivity index (χ2n) is 8.80.